The number of carbonyl (C=O) groups is 1. The van der Waals surface area contributed by atoms with E-state index in [1.54, 1.807) is 0 Å². The van der Waals surface area contributed by atoms with Crippen molar-refractivity contribution in [3.05, 3.63) is 29.8 Å². The van der Waals surface area contributed by atoms with E-state index < -0.39 is 0 Å². The first-order valence-electron chi connectivity index (χ1n) is 9.47. The molecule has 1 aliphatic heterocycles. The molecule has 0 aliphatic carbocycles. The first-order valence-corrected chi connectivity index (χ1v) is 9.47. The van der Waals surface area contributed by atoms with Crippen LogP contribution in [0.5, 0.6) is 0 Å². The van der Waals surface area contributed by atoms with Crippen LogP contribution < -0.4 is 10.2 Å². The maximum atomic E-state index is 12.4. The standard InChI is InChI=1S/C20H33N3O/c1-4-5-6-7-11-18(3)21-20(24)23-15-13-22(14-16-23)19-12-9-8-10-17(19)2/h8-10,12,18H,4-7,11,13-16H2,1-3H3,(H,21,24). The van der Waals surface area contributed by atoms with Gasteiger partial charge in [-0.1, -0.05) is 50.8 Å². The number of carbonyl (C=O) groups excluding carboxylic acids is 1. The van der Waals surface area contributed by atoms with Crippen LogP contribution in [0, 0.1) is 6.92 Å². The molecule has 2 rings (SSSR count). The highest BCUT2D eigenvalue weighted by Crippen LogP contribution is 2.20. The van der Waals surface area contributed by atoms with Gasteiger partial charge in [0.15, 0.2) is 0 Å². The number of amides is 2. The van der Waals surface area contributed by atoms with Crippen molar-refractivity contribution in [1.29, 1.82) is 0 Å². The molecule has 1 heterocycles. The van der Waals surface area contributed by atoms with Crippen LogP contribution in [0.3, 0.4) is 0 Å². The molecule has 1 saturated heterocycles. The van der Waals surface area contributed by atoms with Crippen molar-refractivity contribution in [3.8, 4) is 0 Å². The van der Waals surface area contributed by atoms with Crippen molar-refractivity contribution in [2.24, 2.45) is 0 Å². The number of nitrogens with zero attached hydrogens (tertiary/aromatic N) is 2. The Balaban J connectivity index is 1.73. The van der Waals surface area contributed by atoms with E-state index in [4.69, 9.17) is 0 Å². The zero-order valence-corrected chi connectivity index (χ0v) is 15.6. The molecule has 1 atom stereocenters. The zero-order valence-electron chi connectivity index (χ0n) is 15.6. The Morgan fingerprint density at radius 2 is 1.83 bits per heavy atom. The van der Waals surface area contributed by atoms with Gasteiger partial charge in [0, 0.05) is 37.9 Å². The third-order valence-corrected chi connectivity index (χ3v) is 4.88. The lowest BCUT2D eigenvalue weighted by Gasteiger charge is -2.37. The van der Waals surface area contributed by atoms with Crippen LogP contribution in [-0.2, 0) is 0 Å². The quantitative estimate of drug-likeness (QED) is 0.761. The summed E-state index contributed by atoms with van der Waals surface area (Å²) < 4.78 is 0. The number of nitrogens with one attached hydrogen (secondary N) is 1. The molecule has 1 aromatic rings. The number of anilines is 1. The molecule has 1 N–H and O–H groups in total. The molecule has 1 aliphatic rings. The summed E-state index contributed by atoms with van der Waals surface area (Å²) in [6, 6.07) is 8.84. The van der Waals surface area contributed by atoms with E-state index in [9.17, 15) is 4.79 Å². The van der Waals surface area contributed by atoms with Crippen molar-refractivity contribution >= 4 is 11.7 Å². The van der Waals surface area contributed by atoms with Gasteiger partial charge in [-0.2, -0.15) is 0 Å². The largest absolute Gasteiger partial charge is 0.368 e. The molecule has 2 amide bonds. The van der Waals surface area contributed by atoms with Crippen LogP contribution in [0.4, 0.5) is 10.5 Å². The molecule has 24 heavy (non-hydrogen) atoms. The number of rotatable bonds is 7. The lowest BCUT2D eigenvalue weighted by atomic mass is 10.1. The number of urea groups is 1. The third-order valence-electron chi connectivity index (χ3n) is 4.88. The fourth-order valence-corrected chi connectivity index (χ4v) is 3.32. The molecule has 1 fully saturated rings. The predicted molar refractivity (Wildman–Crippen MR) is 102 cm³/mol. The summed E-state index contributed by atoms with van der Waals surface area (Å²) in [5, 5.41) is 3.16. The average Bonchev–Trinajstić information content (AvgIpc) is 2.59. The summed E-state index contributed by atoms with van der Waals surface area (Å²) in [6.45, 7) is 9.89. The molecule has 0 bridgehead atoms. The van der Waals surface area contributed by atoms with Crippen LogP contribution in [0.1, 0.15) is 51.5 Å². The van der Waals surface area contributed by atoms with E-state index >= 15 is 0 Å². The van der Waals surface area contributed by atoms with Crippen molar-refractivity contribution < 1.29 is 4.79 Å². The number of hydrogen-bond acceptors (Lipinski definition) is 2. The second-order valence-electron chi connectivity index (χ2n) is 6.96. The van der Waals surface area contributed by atoms with Crippen LogP contribution in [0.25, 0.3) is 0 Å². The van der Waals surface area contributed by atoms with Crippen LogP contribution in [-0.4, -0.2) is 43.2 Å². The normalized spacial score (nSPS) is 16.1. The molecule has 0 spiro atoms. The Morgan fingerprint density at radius 3 is 2.50 bits per heavy atom. The lowest BCUT2D eigenvalue weighted by Crippen LogP contribution is -2.53. The third kappa shape index (κ3) is 5.43. The number of benzene rings is 1. The minimum Gasteiger partial charge on any atom is -0.368 e. The molecule has 0 aromatic heterocycles. The first-order chi connectivity index (χ1) is 11.6. The maximum Gasteiger partial charge on any atom is 0.317 e. The van der Waals surface area contributed by atoms with Crippen molar-refractivity contribution in [2.75, 3.05) is 31.1 Å². The number of para-hydroxylation sites is 1. The van der Waals surface area contributed by atoms with Crippen molar-refractivity contribution in [2.45, 2.75) is 58.9 Å². The summed E-state index contributed by atoms with van der Waals surface area (Å²) in [5.41, 5.74) is 2.60. The summed E-state index contributed by atoms with van der Waals surface area (Å²) in [4.78, 5) is 16.7. The second kappa shape index (κ2) is 9.55. The molecular weight excluding hydrogens is 298 g/mol. The van der Waals surface area contributed by atoms with Crippen LogP contribution >= 0.6 is 0 Å². The highest BCUT2D eigenvalue weighted by Gasteiger charge is 2.22. The van der Waals surface area contributed by atoms with Gasteiger partial charge in [-0.3, -0.25) is 0 Å². The fraction of sp³-hybridized carbons (Fsp3) is 0.650. The van der Waals surface area contributed by atoms with Gasteiger partial charge in [0.2, 0.25) is 0 Å². The Labute approximate surface area is 147 Å². The first kappa shape index (κ1) is 18.6. The molecule has 4 heteroatoms. The topological polar surface area (TPSA) is 35.6 Å². The maximum absolute atomic E-state index is 12.4. The van der Waals surface area contributed by atoms with E-state index in [1.165, 1.54) is 36.9 Å². The summed E-state index contributed by atoms with van der Waals surface area (Å²) in [6.07, 6.45) is 6.10. The summed E-state index contributed by atoms with van der Waals surface area (Å²) in [7, 11) is 0. The summed E-state index contributed by atoms with van der Waals surface area (Å²) >= 11 is 0. The number of aryl methyl sites for hydroxylation is 1. The Bertz CT molecular complexity index is 509. The Morgan fingerprint density at radius 1 is 1.12 bits per heavy atom. The van der Waals surface area contributed by atoms with Gasteiger partial charge in [0.05, 0.1) is 0 Å². The Kier molecular flexibility index (Phi) is 7.41. The molecule has 134 valence electrons. The SMILES string of the molecule is CCCCCCC(C)NC(=O)N1CCN(c2ccccc2C)CC1. The average molecular weight is 332 g/mol. The molecule has 0 radical (unpaired) electrons. The minimum absolute atomic E-state index is 0.0995. The van der Waals surface area contributed by atoms with Gasteiger partial charge in [-0.15, -0.1) is 0 Å². The lowest BCUT2D eigenvalue weighted by molar-refractivity contribution is 0.190. The monoisotopic (exact) mass is 331 g/mol. The van der Waals surface area contributed by atoms with E-state index in [1.807, 2.05) is 4.90 Å². The van der Waals surface area contributed by atoms with Crippen LogP contribution in [0.2, 0.25) is 0 Å². The van der Waals surface area contributed by atoms with Crippen molar-refractivity contribution in [3.63, 3.8) is 0 Å². The Hall–Kier alpha value is -1.71. The second-order valence-corrected chi connectivity index (χ2v) is 6.96. The molecule has 1 unspecified atom stereocenters. The van der Waals surface area contributed by atoms with E-state index in [2.05, 4.69) is 55.3 Å². The zero-order chi connectivity index (χ0) is 17.4. The number of piperazine rings is 1. The van der Waals surface area contributed by atoms with Gasteiger partial charge in [0.1, 0.15) is 0 Å². The van der Waals surface area contributed by atoms with E-state index in [-0.39, 0.29) is 12.1 Å². The molecule has 0 saturated carbocycles. The molecule has 4 nitrogen and oxygen atoms in total. The fourth-order valence-electron chi connectivity index (χ4n) is 3.32. The highest BCUT2D eigenvalue weighted by molar-refractivity contribution is 5.75. The number of unbranched alkanes of at least 4 members (excludes halogenated alkanes) is 3. The highest BCUT2D eigenvalue weighted by atomic mass is 16.2. The molecular formula is C20H33N3O. The number of hydrogen-bond donors (Lipinski definition) is 1. The minimum atomic E-state index is 0.0995. The smallest absolute Gasteiger partial charge is 0.317 e. The molecule has 1 aromatic carbocycles. The van der Waals surface area contributed by atoms with Gasteiger partial charge in [-0.25, -0.2) is 4.79 Å². The van der Waals surface area contributed by atoms with Gasteiger partial charge < -0.3 is 15.1 Å². The summed E-state index contributed by atoms with van der Waals surface area (Å²) in [5.74, 6) is 0. The predicted octanol–water partition coefficient (Wildman–Crippen LogP) is 4.19. The van der Waals surface area contributed by atoms with E-state index in [0.29, 0.717) is 0 Å². The van der Waals surface area contributed by atoms with Gasteiger partial charge in [0.25, 0.3) is 0 Å². The van der Waals surface area contributed by atoms with E-state index in [0.717, 1.165) is 32.6 Å². The van der Waals surface area contributed by atoms with Gasteiger partial charge >= 0.3 is 6.03 Å². The van der Waals surface area contributed by atoms with Crippen molar-refractivity contribution in [1.82, 2.24) is 10.2 Å². The van der Waals surface area contributed by atoms with Gasteiger partial charge in [-0.05, 0) is 31.9 Å². The van der Waals surface area contributed by atoms with Crippen LogP contribution in [0.15, 0.2) is 24.3 Å².